The number of aliphatic hydroxyl groups is 1. The number of aliphatic hydroxyl groups excluding tert-OH is 1. The van der Waals surface area contributed by atoms with Gasteiger partial charge in [0.2, 0.25) is 0 Å². The van der Waals surface area contributed by atoms with Crippen LogP contribution in [0.2, 0.25) is 0 Å². The van der Waals surface area contributed by atoms with Gasteiger partial charge < -0.3 is 16.2 Å². The van der Waals surface area contributed by atoms with E-state index in [2.05, 4.69) is 12.2 Å². The Morgan fingerprint density at radius 3 is 2.88 bits per heavy atom. The number of hydrogen-bond acceptors (Lipinski definition) is 3. The lowest BCUT2D eigenvalue weighted by Gasteiger charge is -2.12. The van der Waals surface area contributed by atoms with Crippen LogP contribution in [0.25, 0.3) is 0 Å². The summed E-state index contributed by atoms with van der Waals surface area (Å²) >= 11 is 0. The van der Waals surface area contributed by atoms with Crippen LogP contribution in [-0.2, 0) is 0 Å². The molecule has 0 fully saturated rings. The van der Waals surface area contributed by atoms with Gasteiger partial charge in [0, 0.05) is 13.2 Å². The van der Waals surface area contributed by atoms with Crippen molar-refractivity contribution >= 4 is 11.4 Å². The summed E-state index contributed by atoms with van der Waals surface area (Å²) < 4.78 is 0. The van der Waals surface area contributed by atoms with Gasteiger partial charge in [0.15, 0.2) is 0 Å². The molecule has 0 aromatic heterocycles. The van der Waals surface area contributed by atoms with E-state index < -0.39 is 0 Å². The van der Waals surface area contributed by atoms with E-state index in [9.17, 15) is 0 Å². The summed E-state index contributed by atoms with van der Waals surface area (Å²) in [5.74, 6) is 0.386. The molecule has 1 aromatic carbocycles. The Hall–Kier alpha value is -1.22. The zero-order chi connectivity index (χ0) is 12.0. The Balaban J connectivity index is 2.35. The van der Waals surface area contributed by atoms with E-state index in [0.717, 1.165) is 36.3 Å². The number of para-hydroxylation sites is 1. The molecule has 0 aliphatic carbocycles. The summed E-state index contributed by atoms with van der Waals surface area (Å²) in [4.78, 5) is 0. The predicted molar refractivity (Wildman–Crippen MR) is 69.6 cm³/mol. The van der Waals surface area contributed by atoms with Crippen LogP contribution in [0.1, 0.15) is 25.3 Å². The average Bonchev–Trinajstić information content (AvgIpc) is 2.29. The van der Waals surface area contributed by atoms with Gasteiger partial charge in [-0.3, -0.25) is 0 Å². The largest absolute Gasteiger partial charge is 0.397 e. The maximum absolute atomic E-state index is 8.89. The first-order valence-corrected chi connectivity index (χ1v) is 5.85. The molecule has 0 spiro atoms. The Kier molecular flexibility index (Phi) is 5.12. The molecule has 0 aliphatic rings. The molecule has 0 heterocycles. The van der Waals surface area contributed by atoms with Gasteiger partial charge >= 0.3 is 0 Å². The first-order valence-electron chi connectivity index (χ1n) is 5.85. The number of hydrogen-bond donors (Lipinski definition) is 3. The molecule has 0 radical (unpaired) electrons. The topological polar surface area (TPSA) is 58.3 Å². The van der Waals surface area contributed by atoms with E-state index in [-0.39, 0.29) is 6.61 Å². The second-order valence-corrected chi connectivity index (χ2v) is 4.39. The van der Waals surface area contributed by atoms with E-state index in [1.54, 1.807) is 0 Å². The van der Waals surface area contributed by atoms with Crippen LogP contribution in [0, 0.1) is 12.8 Å². The lowest BCUT2D eigenvalue weighted by molar-refractivity contribution is 0.229. The highest BCUT2D eigenvalue weighted by atomic mass is 16.3. The number of aryl methyl sites for hydroxylation is 1. The van der Waals surface area contributed by atoms with Gasteiger partial charge in [-0.2, -0.15) is 0 Å². The predicted octanol–water partition coefficient (Wildman–Crippen LogP) is 2.40. The molecule has 1 atom stereocenters. The van der Waals surface area contributed by atoms with Gasteiger partial charge in [-0.1, -0.05) is 19.1 Å². The summed E-state index contributed by atoms with van der Waals surface area (Å²) in [7, 11) is 0. The molecule has 0 saturated heterocycles. The third-order valence-corrected chi connectivity index (χ3v) is 2.82. The Labute approximate surface area is 97.7 Å². The zero-order valence-electron chi connectivity index (χ0n) is 10.2. The van der Waals surface area contributed by atoms with Crippen LogP contribution in [0.5, 0.6) is 0 Å². The fraction of sp³-hybridized carbons (Fsp3) is 0.538. The Bertz CT molecular complexity index is 326. The third-order valence-electron chi connectivity index (χ3n) is 2.82. The van der Waals surface area contributed by atoms with Gasteiger partial charge in [0.05, 0.1) is 11.4 Å². The molecule has 0 amide bonds. The van der Waals surface area contributed by atoms with Gasteiger partial charge in [0.1, 0.15) is 0 Å². The minimum absolute atomic E-state index is 0.270. The molecule has 1 rings (SSSR count). The summed E-state index contributed by atoms with van der Waals surface area (Å²) in [5.41, 5.74) is 8.90. The SMILES string of the molecule is Cc1cccc(NCCCC(C)CO)c1N. The van der Waals surface area contributed by atoms with Crippen LogP contribution in [0.4, 0.5) is 11.4 Å². The number of nitrogen functional groups attached to an aromatic ring is 1. The maximum atomic E-state index is 8.89. The van der Waals surface area contributed by atoms with E-state index >= 15 is 0 Å². The average molecular weight is 222 g/mol. The van der Waals surface area contributed by atoms with Gasteiger partial charge in [-0.05, 0) is 37.3 Å². The highest BCUT2D eigenvalue weighted by Crippen LogP contribution is 2.21. The number of nitrogens with two attached hydrogens (primary N) is 1. The van der Waals surface area contributed by atoms with E-state index in [4.69, 9.17) is 10.8 Å². The maximum Gasteiger partial charge on any atom is 0.0579 e. The minimum atomic E-state index is 0.270. The van der Waals surface area contributed by atoms with Gasteiger partial charge in [-0.15, -0.1) is 0 Å². The van der Waals surface area contributed by atoms with Crippen molar-refractivity contribution in [2.45, 2.75) is 26.7 Å². The minimum Gasteiger partial charge on any atom is -0.397 e. The Morgan fingerprint density at radius 2 is 2.19 bits per heavy atom. The lowest BCUT2D eigenvalue weighted by atomic mass is 10.1. The molecule has 0 bridgehead atoms. The number of nitrogens with one attached hydrogen (secondary N) is 1. The summed E-state index contributed by atoms with van der Waals surface area (Å²) in [6.07, 6.45) is 2.09. The van der Waals surface area contributed by atoms with E-state index in [1.165, 1.54) is 0 Å². The van der Waals surface area contributed by atoms with Crippen LogP contribution < -0.4 is 11.1 Å². The van der Waals surface area contributed by atoms with E-state index in [0.29, 0.717) is 5.92 Å². The lowest BCUT2D eigenvalue weighted by Crippen LogP contribution is -2.08. The summed E-state index contributed by atoms with van der Waals surface area (Å²) in [6, 6.07) is 6.01. The summed E-state index contributed by atoms with van der Waals surface area (Å²) in [5, 5.41) is 12.2. The smallest absolute Gasteiger partial charge is 0.0579 e. The molecular weight excluding hydrogens is 200 g/mol. The fourth-order valence-electron chi connectivity index (χ4n) is 1.60. The van der Waals surface area contributed by atoms with Crippen molar-refractivity contribution in [2.24, 2.45) is 5.92 Å². The van der Waals surface area contributed by atoms with Crippen molar-refractivity contribution in [1.82, 2.24) is 0 Å². The van der Waals surface area contributed by atoms with Crippen LogP contribution in [0.3, 0.4) is 0 Å². The molecule has 1 aromatic rings. The first-order chi connectivity index (χ1) is 7.65. The number of anilines is 2. The van der Waals surface area contributed by atoms with Crippen LogP contribution in [-0.4, -0.2) is 18.3 Å². The third kappa shape index (κ3) is 3.74. The quantitative estimate of drug-likeness (QED) is 0.511. The molecule has 0 saturated carbocycles. The van der Waals surface area contributed by atoms with Crippen molar-refractivity contribution in [3.05, 3.63) is 23.8 Å². The van der Waals surface area contributed by atoms with Crippen molar-refractivity contribution in [3.63, 3.8) is 0 Å². The standard InChI is InChI=1S/C13H22N2O/c1-10(9-16)5-4-8-15-12-7-3-6-11(2)13(12)14/h3,6-7,10,15-16H,4-5,8-9,14H2,1-2H3. The van der Waals surface area contributed by atoms with Gasteiger partial charge in [-0.25, -0.2) is 0 Å². The molecule has 0 aliphatic heterocycles. The van der Waals surface area contributed by atoms with Crippen molar-refractivity contribution in [3.8, 4) is 0 Å². The zero-order valence-corrected chi connectivity index (χ0v) is 10.2. The second-order valence-electron chi connectivity index (χ2n) is 4.39. The molecule has 90 valence electrons. The monoisotopic (exact) mass is 222 g/mol. The normalized spacial score (nSPS) is 12.4. The Morgan fingerprint density at radius 1 is 1.44 bits per heavy atom. The van der Waals surface area contributed by atoms with Crippen molar-refractivity contribution in [2.75, 3.05) is 24.2 Å². The van der Waals surface area contributed by atoms with Crippen LogP contribution >= 0.6 is 0 Å². The molecular formula is C13H22N2O. The molecule has 16 heavy (non-hydrogen) atoms. The van der Waals surface area contributed by atoms with Crippen molar-refractivity contribution < 1.29 is 5.11 Å². The number of rotatable bonds is 6. The first kappa shape index (κ1) is 12.8. The summed E-state index contributed by atoms with van der Waals surface area (Å²) in [6.45, 7) is 5.24. The number of benzene rings is 1. The van der Waals surface area contributed by atoms with E-state index in [1.807, 2.05) is 25.1 Å². The molecule has 3 nitrogen and oxygen atoms in total. The molecule has 4 N–H and O–H groups in total. The molecule has 3 heteroatoms. The fourth-order valence-corrected chi connectivity index (χ4v) is 1.60. The highest BCUT2D eigenvalue weighted by molar-refractivity contribution is 5.69. The second kappa shape index (κ2) is 6.38. The molecule has 1 unspecified atom stereocenters. The van der Waals surface area contributed by atoms with Crippen molar-refractivity contribution in [1.29, 1.82) is 0 Å². The highest BCUT2D eigenvalue weighted by Gasteiger charge is 2.02. The van der Waals surface area contributed by atoms with Gasteiger partial charge in [0.25, 0.3) is 0 Å². The van der Waals surface area contributed by atoms with Crippen LogP contribution in [0.15, 0.2) is 18.2 Å².